The first-order chi connectivity index (χ1) is 7.17. The van der Waals surface area contributed by atoms with Gasteiger partial charge in [-0.25, -0.2) is 9.59 Å². The smallest absolute Gasteiger partial charge is 0.408 e. The number of hydrogen-bond acceptors (Lipinski definition) is 3. The van der Waals surface area contributed by atoms with Crippen LogP contribution in [0.3, 0.4) is 0 Å². The molecule has 5 heteroatoms. The van der Waals surface area contributed by atoms with E-state index in [1.807, 2.05) is 0 Å². The Balaban J connectivity index is 4.47. The van der Waals surface area contributed by atoms with Crippen LogP contribution in [0, 0.1) is 5.92 Å². The summed E-state index contributed by atoms with van der Waals surface area (Å²) in [7, 11) is 0. The Morgan fingerprint density at radius 3 is 2.25 bits per heavy atom. The molecule has 1 unspecified atom stereocenters. The molecule has 0 fully saturated rings. The molecule has 0 aliphatic carbocycles. The van der Waals surface area contributed by atoms with Gasteiger partial charge >= 0.3 is 12.1 Å². The third-order valence-corrected chi connectivity index (χ3v) is 1.84. The highest BCUT2D eigenvalue weighted by Gasteiger charge is 2.27. The summed E-state index contributed by atoms with van der Waals surface area (Å²) in [6, 6.07) is -1.02. The average molecular weight is 229 g/mol. The van der Waals surface area contributed by atoms with Crippen molar-refractivity contribution in [2.24, 2.45) is 5.92 Å². The lowest BCUT2D eigenvalue weighted by Gasteiger charge is -2.23. The molecule has 0 aromatic heterocycles. The van der Waals surface area contributed by atoms with Gasteiger partial charge in [0.2, 0.25) is 0 Å². The van der Waals surface area contributed by atoms with Crippen LogP contribution in [0.1, 0.15) is 27.7 Å². The second-order valence-corrected chi connectivity index (χ2v) is 4.56. The van der Waals surface area contributed by atoms with Crippen LogP contribution in [-0.2, 0) is 9.53 Å². The van der Waals surface area contributed by atoms with E-state index in [4.69, 9.17) is 9.84 Å². The van der Waals surface area contributed by atoms with E-state index in [1.54, 1.807) is 27.7 Å². The molecule has 1 amide bonds. The zero-order valence-electron chi connectivity index (χ0n) is 10.1. The van der Waals surface area contributed by atoms with Crippen molar-refractivity contribution in [2.75, 3.05) is 0 Å². The lowest BCUT2D eigenvalue weighted by Crippen LogP contribution is -2.46. The van der Waals surface area contributed by atoms with Gasteiger partial charge in [0.05, 0.1) is 0 Å². The minimum Gasteiger partial charge on any atom is -0.480 e. The van der Waals surface area contributed by atoms with E-state index >= 15 is 0 Å². The van der Waals surface area contributed by atoms with Crippen LogP contribution in [-0.4, -0.2) is 28.8 Å². The van der Waals surface area contributed by atoms with Crippen LogP contribution in [0.4, 0.5) is 4.79 Å². The Bertz CT molecular complexity index is 280. The van der Waals surface area contributed by atoms with Gasteiger partial charge in [-0.2, -0.15) is 0 Å². The molecular weight excluding hydrogens is 210 g/mol. The third-order valence-electron chi connectivity index (χ3n) is 1.84. The Morgan fingerprint density at radius 1 is 1.44 bits per heavy atom. The first kappa shape index (κ1) is 14.5. The van der Waals surface area contributed by atoms with E-state index in [0.29, 0.717) is 0 Å². The fourth-order valence-corrected chi connectivity index (χ4v) is 0.989. The van der Waals surface area contributed by atoms with Crippen LogP contribution in [0.15, 0.2) is 12.7 Å². The van der Waals surface area contributed by atoms with E-state index in [2.05, 4.69) is 11.9 Å². The number of carboxylic acid groups (broad SMARTS) is 1. The number of carboxylic acids is 1. The van der Waals surface area contributed by atoms with E-state index in [1.165, 1.54) is 6.08 Å². The van der Waals surface area contributed by atoms with Gasteiger partial charge in [0.25, 0.3) is 0 Å². The molecule has 16 heavy (non-hydrogen) atoms. The maximum atomic E-state index is 11.4. The summed E-state index contributed by atoms with van der Waals surface area (Å²) in [6.07, 6.45) is 0.726. The van der Waals surface area contributed by atoms with Crippen molar-refractivity contribution in [3.8, 4) is 0 Å². The number of carbonyl (C=O) groups excluding carboxylic acids is 1. The fourth-order valence-electron chi connectivity index (χ4n) is 0.989. The zero-order chi connectivity index (χ0) is 12.9. The Labute approximate surface area is 95.5 Å². The number of rotatable bonds is 4. The SMILES string of the molecule is C=C[C@@H](C)C(NC(=O)OC(C)(C)C)C(=O)O. The lowest BCUT2D eigenvalue weighted by molar-refractivity contribution is -0.140. The second kappa shape index (κ2) is 5.53. The van der Waals surface area contributed by atoms with Crippen molar-refractivity contribution in [3.05, 3.63) is 12.7 Å². The van der Waals surface area contributed by atoms with Crippen molar-refractivity contribution < 1.29 is 19.4 Å². The number of nitrogens with one attached hydrogen (secondary N) is 1. The van der Waals surface area contributed by atoms with Gasteiger partial charge in [-0.05, 0) is 20.8 Å². The molecule has 2 atom stereocenters. The number of hydrogen-bond donors (Lipinski definition) is 2. The number of alkyl carbamates (subject to hydrolysis) is 1. The molecule has 0 radical (unpaired) electrons. The van der Waals surface area contributed by atoms with E-state index in [0.717, 1.165) is 0 Å². The predicted octanol–water partition coefficient (Wildman–Crippen LogP) is 1.79. The monoisotopic (exact) mass is 229 g/mol. The summed E-state index contributed by atoms with van der Waals surface area (Å²) in [5, 5.41) is 11.2. The highest BCUT2D eigenvalue weighted by Crippen LogP contribution is 2.09. The maximum Gasteiger partial charge on any atom is 0.408 e. The Morgan fingerprint density at radius 2 is 1.94 bits per heavy atom. The topological polar surface area (TPSA) is 75.6 Å². The summed E-state index contributed by atoms with van der Waals surface area (Å²) in [4.78, 5) is 22.2. The first-order valence-corrected chi connectivity index (χ1v) is 5.02. The summed E-state index contributed by atoms with van der Waals surface area (Å²) < 4.78 is 4.97. The standard InChI is InChI=1S/C11H19NO4/c1-6-7(2)8(9(13)14)12-10(15)16-11(3,4)5/h6-8H,1H2,2-5H3,(H,12,15)(H,13,14)/t7-,8?/m1/s1. The highest BCUT2D eigenvalue weighted by atomic mass is 16.6. The van der Waals surface area contributed by atoms with E-state index in [-0.39, 0.29) is 5.92 Å². The van der Waals surface area contributed by atoms with Crippen LogP contribution < -0.4 is 5.32 Å². The average Bonchev–Trinajstić information content (AvgIpc) is 2.09. The van der Waals surface area contributed by atoms with Crippen LogP contribution in [0.25, 0.3) is 0 Å². The van der Waals surface area contributed by atoms with E-state index < -0.39 is 23.7 Å². The molecule has 0 aromatic carbocycles. The molecule has 0 saturated carbocycles. The van der Waals surface area contributed by atoms with Crippen molar-refractivity contribution in [3.63, 3.8) is 0 Å². The van der Waals surface area contributed by atoms with Gasteiger partial charge in [-0.1, -0.05) is 13.0 Å². The minimum atomic E-state index is -1.11. The largest absolute Gasteiger partial charge is 0.480 e. The molecule has 0 heterocycles. The van der Waals surface area contributed by atoms with Gasteiger partial charge in [0.15, 0.2) is 0 Å². The molecule has 5 nitrogen and oxygen atoms in total. The van der Waals surface area contributed by atoms with Crippen LogP contribution >= 0.6 is 0 Å². The number of aliphatic carboxylic acids is 1. The number of carbonyl (C=O) groups is 2. The molecule has 92 valence electrons. The molecule has 0 aromatic rings. The van der Waals surface area contributed by atoms with E-state index in [9.17, 15) is 9.59 Å². The second-order valence-electron chi connectivity index (χ2n) is 4.56. The van der Waals surface area contributed by atoms with Crippen molar-refractivity contribution in [1.29, 1.82) is 0 Å². The van der Waals surface area contributed by atoms with Gasteiger partial charge in [-0.3, -0.25) is 0 Å². The molecule has 2 N–H and O–H groups in total. The summed E-state index contributed by atoms with van der Waals surface area (Å²) in [5.74, 6) is -1.48. The third kappa shape index (κ3) is 5.38. The molecule has 0 saturated heterocycles. The summed E-state index contributed by atoms with van der Waals surface area (Å²) in [5.41, 5.74) is -0.648. The zero-order valence-corrected chi connectivity index (χ0v) is 10.1. The molecule has 0 aliphatic heterocycles. The molecule has 0 spiro atoms. The number of ether oxygens (including phenoxy) is 1. The van der Waals surface area contributed by atoms with Crippen molar-refractivity contribution >= 4 is 12.1 Å². The van der Waals surface area contributed by atoms with Crippen LogP contribution in [0.2, 0.25) is 0 Å². The number of amides is 1. The predicted molar refractivity (Wildman–Crippen MR) is 60.2 cm³/mol. The van der Waals surface area contributed by atoms with Crippen molar-refractivity contribution in [2.45, 2.75) is 39.3 Å². The quantitative estimate of drug-likeness (QED) is 0.720. The Kier molecular flexibility index (Phi) is 5.01. The van der Waals surface area contributed by atoms with Gasteiger partial charge in [-0.15, -0.1) is 6.58 Å². The van der Waals surface area contributed by atoms with Gasteiger partial charge in [0.1, 0.15) is 11.6 Å². The fraction of sp³-hybridized carbons (Fsp3) is 0.636. The van der Waals surface area contributed by atoms with Gasteiger partial charge < -0.3 is 15.2 Å². The molecule has 0 rings (SSSR count). The summed E-state index contributed by atoms with van der Waals surface area (Å²) >= 11 is 0. The maximum absolute atomic E-state index is 11.4. The normalized spacial score (nSPS) is 14.8. The molecular formula is C11H19NO4. The summed E-state index contributed by atoms with van der Waals surface area (Å²) in [6.45, 7) is 10.3. The first-order valence-electron chi connectivity index (χ1n) is 5.02. The molecule has 0 bridgehead atoms. The minimum absolute atomic E-state index is 0.370. The van der Waals surface area contributed by atoms with Crippen molar-refractivity contribution in [1.82, 2.24) is 5.32 Å². The van der Waals surface area contributed by atoms with Gasteiger partial charge in [0, 0.05) is 5.92 Å². The molecule has 0 aliphatic rings. The Hall–Kier alpha value is -1.52. The highest BCUT2D eigenvalue weighted by molar-refractivity contribution is 5.80. The lowest BCUT2D eigenvalue weighted by atomic mass is 10.0. The van der Waals surface area contributed by atoms with Crippen LogP contribution in [0.5, 0.6) is 0 Å².